The maximum absolute atomic E-state index is 11.2. The molecule has 0 radical (unpaired) electrons. The van der Waals surface area contributed by atoms with Gasteiger partial charge in [-0.1, -0.05) is 13.2 Å². The van der Waals surface area contributed by atoms with Crippen LogP contribution in [0.1, 0.15) is 13.8 Å². The first-order valence-corrected chi connectivity index (χ1v) is 4.99. The van der Waals surface area contributed by atoms with Crippen molar-refractivity contribution in [3.8, 4) is 0 Å². The van der Waals surface area contributed by atoms with Gasteiger partial charge in [0, 0.05) is 11.1 Å². The molecule has 0 saturated heterocycles. The van der Waals surface area contributed by atoms with Crippen LogP contribution in [0, 0.1) is 0 Å². The molecule has 0 aliphatic carbocycles. The molecular weight excluding hydrogens is 240 g/mol. The first-order chi connectivity index (χ1) is 8.23. The lowest BCUT2D eigenvalue weighted by molar-refractivity contribution is -0.155. The normalized spacial score (nSPS) is 11.0. The Balaban J connectivity index is 4.45. The number of primary amides is 1. The molecule has 0 aliphatic rings. The molecule has 1 atom stereocenters. The molecule has 0 heterocycles. The van der Waals surface area contributed by atoms with E-state index in [0.717, 1.165) is 0 Å². The van der Waals surface area contributed by atoms with Crippen LogP contribution in [0.3, 0.4) is 0 Å². The van der Waals surface area contributed by atoms with Gasteiger partial charge in [0.2, 0.25) is 6.23 Å². The van der Waals surface area contributed by atoms with E-state index in [0.29, 0.717) is 0 Å². The van der Waals surface area contributed by atoms with Gasteiger partial charge >= 0.3 is 18.0 Å². The van der Waals surface area contributed by atoms with Gasteiger partial charge < -0.3 is 15.2 Å². The number of hydrogen-bond donors (Lipinski definition) is 2. The highest BCUT2D eigenvalue weighted by Gasteiger charge is 2.18. The fraction of sp³-hybridized carbons (Fsp3) is 0.364. The van der Waals surface area contributed by atoms with Gasteiger partial charge in [-0.3, -0.25) is 5.32 Å². The maximum atomic E-state index is 11.2. The fourth-order valence-electron chi connectivity index (χ4n) is 0.768. The largest absolute Gasteiger partial charge is 0.456 e. The zero-order valence-electron chi connectivity index (χ0n) is 10.3. The van der Waals surface area contributed by atoms with Gasteiger partial charge in [-0.2, -0.15) is 0 Å². The second kappa shape index (κ2) is 7.10. The molecule has 0 aliphatic heterocycles. The van der Waals surface area contributed by atoms with E-state index >= 15 is 0 Å². The lowest BCUT2D eigenvalue weighted by Crippen LogP contribution is -2.44. The van der Waals surface area contributed by atoms with Crippen molar-refractivity contribution in [1.82, 2.24) is 5.32 Å². The lowest BCUT2D eigenvalue weighted by atomic mass is 10.3. The zero-order valence-corrected chi connectivity index (χ0v) is 10.3. The summed E-state index contributed by atoms with van der Waals surface area (Å²) in [5.41, 5.74) is 5.21. The van der Waals surface area contributed by atoms with E-state index in [-0.39, 0.29) is 17.8 Å². The summed E-state index contributed by atoms with van der Waals surface area (Å²) in [7, 11) is 0. The molecule has 0 bridgehead atoms. The van der Waals surface area contributed by atoms with Crippen LogP contribution in [-0.2, 0) is 19.1 Å². The average molecular weight is 256 g/mol. The van der Waals surface area contributed by atoms with Gasteiger partial charge in [0.05, 0.1) is 0 Å². The number of nitrogens with two attached hydrogens (primary N) is 1. The summed E-state index contributed by atoms with van der Waals surface area (Å²) < 4.78 is 9.53. The molecule has 18 heavy (non-hydrogen) atoms. The lowest BCUT2D eigenvalue weighted by Gasteiger charge is -2.18. The summed E-state index contributed by atoms with van der Waals surface area (Å²) in [6.07, 6.45) is -1.17. The number of esters is 2. The topological polar surface area (TPSA) is 108 Å². The number of rotatable bonds is 6. The molecular formula is C11H16N2O5. The van der Waals surface area contributed by atoms with Crippen molar-refractivity contribution in [2.24, 2.45) is 5.73 Å². The molecule has 2 amide bonds. The molecule has 0 fully saturated rings. The maximum Gasteiger partial charge on any atom is 0.335 e. The number of amides is 2. The van der Waals surface area contributed by atoms with Crippen molar-refractivity contribution in [2.75, 3.05) is 6.61 Å². The summed E-state index contributed by atoms with van der Waals surface area (Å²) in [6, 6.07) is -0.916. The number of urea groups is 1. The Morgan fingerprint density at radius 2 is 1.67 bits per heavy atom. The van der Waals surface area contributed by atoms with Gasteiger partial charge in [-0.05, 0) is 13.8 Å². The van der Waals surface area contributed by atoms with Crippen LogP contribution in [0.4, 0.5) is 4.79 Å². The van der Waals surface area contributed by atoms with Crippen LogP contribution in [0.5, 0.6) is 0 Å². The zero-order chi connectivity index (χ0) is 14.3. The van der Waals surface area contributed by atoms with Crippen LogP contribution in [0.15, 0.2) is 24.3 Å². The molecule has 1 unspecified atom stereocenters. The standard InChI is InChI=1S/C11H16N2O5/c1-6(2)9(14)17-5-8(13-11(12)16)18-10(15)7(3)4/h8H,1,3,5H2,2,4H3,(H3,12,13,16). The van der Waals surface area contributed by atoms with Crippen molar-refractivity contribution >= 4 is 18.0 Å². The highest BCUT2D eigenvalue weighted by Crippen LogP contribution is 1.99. The third kappa shape index (κ3) is 6.31. The van der Waals surface area contributed by atoms with Crippen LogP contribution in [0.2, 0.25) is 0 Å². The molecule has 0 aromatic heterocycles. The molecule has 7 heteroatoms. The minimum atomic E-state index is -1.17. The van der Waals surface area contributed by atoms with E-state index in [1.54, 1.807) is 0 Å². The molecule has 0 aromatic rings. The summed E-state index contributed by atoms with van der Waals surface area (Å²) in [5.74, 6) is -1.40. The SMILES string of the molecule is C=C(C)C(=O)OCC(NC(N)=O)OC(=O)C(=C)C. The summed E-state index contributed by atoms with van der Waals surface area (Å²) in [6.45, 7) is 9.27. The smallest absolute Gasteiger partial charge is 0.335 e. The van der Waals surface area contributed by atoms with E-state index in [2.05, 4.69) is 18.5 Å². The van der Waals surface area contributed by atoms with Gasteiger partial charge in [0.15, 0.2) is 0 Å². The van der Waals surface area contributed by atoms with Crippen LogP contribution < -0.4 is 11.1 Å². The molecule has 3 N–H and O–H groups in total. The Bertz CT molecular complexity index is 389. The summed E-state index contributed by atoms with van der Waals surface area (Å²) >= 11 is 0. The minimum absolute atomic E-state index is 0.137. The predicted octanol–water partition coefficient (Wildman–Crippen LogP) is 0.219. The molecule has 7 nitrogen and oxygen atoms in total. The number of ether oxygens (including phenoxy) is 2. The van der Waals surface area contributed by atoms with Crippen molar-refractivity contribution < 1.29 is 23.9 Å². The van der Waals surface area contributed by atoms with E-state index in [9.17, 15) is 14.4 Å². The van der Waals surface area contributed by atoms with Gasteiger partial charge in [0.1, 0.15) is 6.61 Å². The number of nitrogens with one attached hydrogen (secondary N) is 1. The Hall–Kier alpha value is -2.31. The quantitative estimate of drug-likeness (QED) is 0.401. The minimum Gasteiger partial charge on any atom is -0.456 e. The summed E-state index contributed by atoms with van der Waals surface area (Å²) in [5, 5.41) is 2.11. The molecule has 0 rings (SSSR count). The fourth-order valence-corrected chi connectivity index (χ4v) is 0.768. The number of hydrogen-bond acceptors (Lipinski definition) is 5. The number of carbonyl (C=O) groups excluding carboxylic acids is 3. The monoisotopic (exact) mass is 256 g/mol. The van der Waals surface area contributed by atoms with Crippen molar-refractivity contribution in [3.05, 3.63) is 24.3 Å². The average Bonchev–Trinajstić information content (AvgIpc) is 2.24. The first kappa shape index (κ1) is 15.7. The van der Waals surface area contributed by atoms with E-state index in [4.69, 9.17) is 15.2 Å². The van der Waals surface area contributed by atoms with Crippen LogP contribution >= 0.6 is 0 Å². The van der Waals surface area contributed by atoms with Crippen molar-refractivity contribution in [3.63, 3.8) is 0 Å². The molecule has 100 valence electrons. The third-order valence-electron chi connectivity index (χ3n) is 1.62. The van der Waals surface area contributed by atoms with E-state index < -0.39 is 24.2 Å². The molecule has 0 aromatic carbocycles. The summed E-state index contributed by atoms with van der Waals surface area (Å²) in [4.78, 5) is 33.0. The van der Waals surface area contributed by atoms with Crippen molar-refractivity contribution in [1.29, 1.82) is 0 Å². The Kier molecular flexibility index (Phi) is 6.19. The molecule has 0 spiro atoms. The predicted molar refractivity (Wildman–Crippen MR) is 63.2 cm³/mol. The molecule has 0 saturated carbocycles. The Morgan fingerprint density at radius 1 is 1.17 bits per heavy atom. The Morgan fingerprint density at radius 3 is 2.06 bits per heavy atom. The highest BCUT2D eigenvalue weighted by atomic mass is 16.6. The Labute approximate surface area is 105 Å². The van der Waals surface area contributed by atoms with Crippen LogP contribution in [-0.4, -0.2) is 30.8 Å². The van der Waals surface area contributed by atoms with Gasteiger partial charge in [-0.25, -0.2) is 14.4 Å². The van der Waals surface area contributed by atoms with E-state index in [1.165, 1.54) is 13.8 Å². The van der Waals surface area contributed by atoms with Crippen molar-refractivity contribution in [2.45, 2.75) is 20.1 Å². The highest BCUT2D eigenvalue weighted by molar-refractivity contribution is 5.88. The van der Waals surface area contributed by atoms with E-state index in [1.807, 2.05) is 0 Å². The number of carbonyl (C=O) groups is 3. The van der Waals surface area contributed by atoms with Gasteiger partial charge in [-0.15, -0.1) is 0 Å². The van der Waals surface area contributed by atoms with Gasteiger partial charge in [0.25, 0.3) is 0 Å². The second-order valence-corrected chi connectivity index (χ2v) is 3.56. The first-order valence-electron chi connectivity index (χ1n) is 4.99. The third-order valence-corrected chi connectivity index (χ3v) is 1.62. The second-order valence-electron chi connectivity index (χ2n) is 3.56. The van der Waals surface area contributed by atoms with Crippen LogP contribution in [0.25, 0.3) is 0 Å².